The van der Waals surface area contributed by atoms with Crippen molar-refractivity contribution in [1.82, 2.24) is 19.1 Å². The summed E-state index contributed by atoms with van der Waals surface area (Å²) in [5.74, 6) is 0.324. The van der Waals surface area contributed by atoms with Crippen LogP contribution in [-0.2, 0) is 23.2 Å². The first-order valence-electron chi connectivity index (χ1n) is 7.59. The third-order valence-electron chi connectivity index (χ3n) is 3.92. The van der Waals surface area contributed by atoms with E-state index < -0.39 is 21.4 Å². The van der Waals surface area contributed by atoms with Gasteiger partial charge in [0.05, 0.1) is 4.90 Å². The molecule has 2 aromatic heterocycles. The zero-order valence-electron chi connectivity index (χ0n) is 15.6. The molecule has 0 aliphatic heterocycles. The van der Waals surface area contributed by atoms with Crippen molar-refractivity contribution in [3.63, 3.8) is 0 Å². The van der Waals surface area contributed by atoms with Gasteiger partial charge in [0.2, 0.25) is 0 Å². The Balaban J connectivity index is 0.00000182. The number of benzene rings is 1. The average molecular weight is 404 g/mol. The van der Waals surface area contributed by atoms with E-state index in [4.69, 9.17) is 4.55 Å². The molecule has 0 aliphatic carbocycles. The fourth-order valence-corrected chi connectivity index (χ4v) is 3.13. The number of aryl methyl sites for hydroxylation is 1. The van der Waals surface area contributed by atoms with E-state index in [1.54, 1.807) is 13.8 Å². The Morgan fingerprint density at radius 1 is 1.12 bits per heavy atom. The Hall–Kier alpha value is -1.08. The molecule has 3 aromatic rings. The number of nitrogens with zero attached hydrogens (tertiary/aromatic N) is 3. The van der Waals surface area contributed by atoms with E-state index in [-0.39, 0.29) is 75.4 Å². The molecule has 0 unspecified atom stereocenters. The summed E-state index contributed by atoms with van der Waals surface area (Å²) in [6.45, 7) is 4.08. The number of hydrogen-bond donors (Lipinski definition) is 2. The largest absolute Gasteiger partial charge is 1.00 e. The number of imidazole rings is 1. The van der Waals surface area contributed by atoms with E-state index in [0.29, 0.717) is 17.9 Å². The van der Waals surface area contributed by atoms with Crippen molar-refractivity contribution >= 4 is 21.3 Å². The van der Waals surface area contributed by atoms with E-state index in [9.17, 15) is 18.0 Å². The van der Waals surface area contributed by atoms with E-state index in [1.807, 2.05) is 0 Å². The van der Waals surface area contributed by atoms with Gasteiger partial charge in [0, 0.05) is 18.7 Å². The van der Waals surface area contributed by atoms with Crippen LogP contribution < -0.4 is 62.6 Å². The second kappa shape index (κ2) is 7.88. The molecule has 1 aromatic carbocycles. The Morgan fingerprint density at radius 3 is 2.19 bits per heavy atom. The molecule has 0 bridgehead atoms. The molecule has 9 nitrogen and oxygen atoms in total. The molecule has 0 spiro atoms. The molecular formula is C15H17KN4O5S. The molecule has 2 N–H and O–H groups in total. The molecule has 26 heavy (non-hydrogen) atoms. The first-order valence-corrected chi connectivity index (χ1v) is 9.03. The summed E-state index contributed by atoms with van der Waals surface area (Å²) < 4.78 is 33.8. The second-order valence-electron chi connectivity index (χ2n) is 5.36. The Morgan fingerprint density at radius 2 is 1.69 bits per heavy atom. The molecule has 0 atom stereocenters. The topological polar surface area (TPSA) is 127 Å². The first kappa shape index (κ1) is 21.2. The van der Waals surface area contributed by atoms with Crippen LogP contribution in [0.25, 0.3) is 22.6 Å². The standard InChI is InChI=1S/C15H16N4O5S.K.H/c1-3-18-13-11(14(20)19(4-2)15(18)21)16-12(17-13)9-5-7-10(8-6-9)25(22,23)24;;/h5-8H,3-4H2,1-2H3,(H,16,17)(H,22,23,24);;/q;+1;-1. The molecule has 0 radical (unpaired) electrons. The van der Waals surface area contributed by atoms with Crippen molar-refractivity contribution in [2.24, 2.45) is 0 Å². The Bertz CT molecular complexity index is 1180. The minimum Gasteiger partial charge on any atom is -1.00 e. The van der Waals surface area contributed by atoms with Crippen LogP contribution in [0.15, 0.2) is 38.8 Å². The molecule has 134 valence electrons. The molecule has 11 heteroatoms. The second-order valence-corrected chi connectivity index (χ2v) is 6.78. The van der Waals surface area contributed by atoms with E-state index in [2.05, 4.69) is 9.97 Å². The molecule has 0 saturated carbocycles. The monoisotopic (exact) mass is 404 g/mol. The van der Waals surface area contributed by atoms with Crippen LogP contribution in [0.2, 0.25) is 0 Å². The summed E-state index contributed by atoms with van der Waals surface area (Å²) in [5.41, 5.74) is 0.0807. The number of rotatable bonds is 4. The van der Waals surface area contributed by atoms with Gasteiger partial charge in [-0.2, -0.15) is 8.42 Å². The van der Waals surface area contributed by atoms with Crippen molar-refractivity contribution in [3.05, 3.63) is 45.1 Å². The third-order valence-corrected chi connectivity index (χ3v) is 4.79. The van der Waals surface area contributed by atoms with Crippen LogP contribution in [-0.4, -0.2) is 32.1 Å². The molecule has 0 saturated heterocycles. The number of nitrogens with one attached hydrogen (secondary N) is 1. The number of H-pyrrole nitrogens is 1. The van der Waals surface area contributed by atoms with Crippen LogP contribution in [0.3, 0.4) is 0 Å². The van der Waals surface area contributed by atoms with Gasteiger partial charge in [-0.15, -0.1) is 0 Å². The molecule has 0 aliphatic rings. The average Bonchev–Trinajstić information content (AvgIpc) is 3.00. The van der Waals surface area contributed by atoms with Crippen LogP contribution in [0.5, 0.6) is 0 Å². The maximum Gasteiger partial charge on any atom is 1.00 e. The van der Waals surface area contributed by atoms with Crippen LogP contribution in [0, 0.1) is 0 Å². The normalized spacial score (nSPS) is 11.5. The van der Waals surface area contributed by atoms with Gasteiger partial charge in [-0.25, -0.2) is 9.78 Å². The number of aromatic amines is 1. The van der Waals surface area contributed by atoms with Crippen molar-refractivity contribution in [2.45, 2.75) is 31.8 Å². The molecule has 3 rings (SSSR count). The van der Waals surface area contributed by atoms with Gasteiger partial charge < -0.3 is 6.41 Å². The van der Waals surface area contributed by atoms with Gasteiger partial charge in [0.1, 0.15) is 11.3 Å². The van der Waals surface area contributed by atoms with Crippen molar-refractivity contribution < 1.29 is 65.8 Å². The molecule has 2 heterocycles. The van der Waals surface area contributed by atoms with Gasteiger partial charge >= 0.3 is 57.1 Å². The fourth-order valence-electron chi connectivity index (χ4n) is 2.65. The first-order chi connectivity index (χ1) is 11.8. The summed E-state index contributed by atoms with van der Waals surface area (Å²) in [6.07, 6.45) is 0. The third kappa shape index (κ3) is 3.65. The van der Waals surface area contributed by atoms with Crippen molar-refractivity contribution in [2.75, 3.05) is 0 Å². The minimum absolute atomic E-state index is 0. The zero-order valence-corrected chi connectivity index (χ0v) is 18.5. The molecule has 0 fully saturated rings. The molecular weight excluding hydrogens is 387 g/mol. The Labute approximate surface area is 192 Å². The summed E-state index contributed by atoms with van der Waals surface area (Å²) in [4.78, 5) is 31.8. The van der Waals surface area contributed by atoms with E-state index in [0.717, 1.165) is 4.57 Å². The van der Waals surface area contributed by atoms with Crippen molar-refractivity contribution in [3.8, 4) is 11.4 Å². The van der Waals surface area contributed by atoms with E-state index >= 15 is 0 Å². The summed E-state index contributed by atoms with van der Waals surface area (Å²) >= 11 is 0. The molecule has 0 amide bonds. The van der Waals surface area contributed by atoms with Gasteiger partial charge in [-0.1, -0.05) is 0 Å². The maximum absolute atomic E-state index is 12.4. The van der Waals surface area contributed by atoms with Crippen LogP contribution in [0.1, 0.15) is 15.3 Å². The van der Waals surface area contributed by atoms with Crippen LogP contribution >= 0.6 is 0 Å². The summed E-state index contributed by atoms with van der Waals surface area (Å²) in [6, 6.07) is 5.37. The minimum atomic E-state index is -4.29. The number of hydrogen-bond acceptors (Lipinski definition) is 5. The smallest absolute Gasteiger partial charge is 1.00 e. The summed E-state index contributed by atoms with van der Waals surface area (Å²) in [7, 11) is -4.29. The van der Waals surface area contributed by atoms with E-state index in [1.165, 1.54) is 28.8 Å². The quantitative estimate of drug-likeness (QED) is 0.381. The van der Waals surface area contributed by atoms with Gasteiger partial charge in [0.25, 0.3) is 15.7 Å². The number of aromatic nitrogens is 4. The zero-order chi connectivity index (χ0) is 18.4. The number of fused-ring (bicyclic) bond motifs is 1. The van der Waals surface area contributed by atoms with Gasteiger partial charge in [0.15, 0.2) is 5.65 Å². The fraction of sp³-hybridized carbons (Fsp3) is 0.267. The SMILES string of the molecule is CCn1c(=O)c2[nH]c(-c3ccc(S(=O)(=O)O)cc3)nc2n(CC)c1=O.[H-].[K+]. The maximum atomic E-state index is 12.4. The van der Waals surface area contributed by atoms with Gasteiger partial charge in [-0.05, 0) is 38.1 Å². The van der Waals surface area contributed by atoms with Gasteiger partial charge in [-0.3, -0.25) is 18.5 Å². The predicted molar refractivity (Wildman–Crippen MR) is 92.3 cm³/mol. The predicted octanol–water partition coefficient (Wildman–Crippen LogP) is -2.04. The van der Waals surface area contributed by atoms with Crippen LogP contribution in [0.4, 0.5) is 0 Å². The Kier molecular flexibility index (Phi) is 6.43. The van der Waals surface area contributed by atoms with Crippen molar-refractivity contribution in [1.29, 1.82) is 0 Å². The summed E-state index contributed by atoms with van der Waals surface area (Å²) in [5, 5.41) is 0.